The summed E-state index contributed by atoms with van der Waals surface area (Å²) in [4.78, 5) is 5.72. The molecule has 15 heavy (non-hydrogen) atoms. The zero-order valence-corrected chi connectivity index (χ0v) is 10.7. The molecule has 0 aromatic rings. The van der Waals surface area contributed by atoms with E-state index in [9.17, 15) is 0 Å². The zero-order chi connectivity index (χ0) is 11.1. The topological polar surface area (TPSA) is 12.5 Å². The van der Waals surface area contributed by atoms with Gasteiger partial charge in [-0.15, -0.1) is 0 Å². The molecule has 1 aliphatic carbocycles. The van der Waals surface area contributed by atoms with Gasteiger partial charge in [-0.2, -0.15) is 5.06 Å². The van der Waals surface area contributed by atoms with Crippen LogP contribution in [0, 0.1) is 5.92 Å². The van der Waals surface area contributed by atoms with E-state index >= 15 is 0 Å². The molecular formula is C13H27NO. The molecule has 90 valence electrons. The van der Waals surface area contributed by atoms with Crippen molar-refractivity contribution in [3.05, 3.63) is 0 Å². The smallest absolute Gasteiger partial charge is 0.0682 e. The first-order valence-electron chi connectivity index (χ1n) is 6.65. The van der Waals surface area contributed by atoms with Crippen LogP contribution in [0.15, 0.2) is 0 Å². The molecule has 1 fully saturated rings. The first kappa shape index (κ1) is 13.0. The van der Waals surface area contributed by atoms with Crippen molar-refractivity contribution in [2.75, 3.05) is 13.7 Å². The third-order valence-electron chi connectivity index (χ3n) is 3.51. The predicted molar refractivity (Wildman–Crippen MR) is 64.7 cm³/mol. The molecule has 2 heteroatoms. The molecule has 1 aliphatic rings. The lowest BCUT2D eigenvalue weighted by Crippen LogP contribution is -2.35. The molecule has 0 aromatic carbocycles. The van der Waals surface area contributed by atoms with Gasteiger partial charge in [0, 0.05) is 13.1 Å². The average molecular weight is 213 g/mol. The van der Waals surface area contributed by atoms with Crippen LogP contribution in [0.4, 0.5) is 0 Å². The second-order valence-electron chi connectivity index (χ2n) is 4.78. The number of rotatable bonds is 7. The highest BCUT2D eigenvalue weighted by atomic mass is 16.7. The van der Waals surface area contributed by atoms with Gasteiger partial charge in [-0.3, -0.25) is 4.84 Å². The highest BCUT2D eigenvalue weighted by molar-refractivity contribution is 4.81. The molecule has 0 saturated heterocycles. The fourth-order valence-corrected chi connectivity index (χ4v) is 2.63. The van der Waals surface area contributed by atoms with Crippen molar-refractivity contribution in [1.82, 2.24) is 5.06 Å². The van der Waals surface area contributed by atoms with Crippen LogP contribution in [0.1, 0.15) is 58.8 Å². The van der Waals surface area contributed by atoms with Crippen molar-refractivity contribution < 1.29 is 4.84 Å². The van der Waals surface area contributed by atoms with Crippen LogP contribution in [0.3, 0.4) is 0 Å². The molecule has 0 aromatic heterocycles. The highest BCUT2D eigenvalue weighted by Crippen LogP contribution is 2.33. The fourth-order valence-electron chi connectivity index (χ4n) is 2.63. The summed E-state index contributed by atoms with van der Waals surface area (Å²) in [7, 11) is 2.12. The average Bonchev–Trinajstić information content (AvgIpc) is 2.71. The number of unbranched alkanes of at least 4 members (excludes halogenated alkanes) is 1. The van der Waals surface area contributed by atoms with Crippen LogP contribution in [0.25, 0.3) is 0 Å². The van der Waals surface area contributed by atoms with E-state index in [-0.39, 0.29) is 0 Å². The van der Waals surface area contributed by atoms with E-state index in [0.717, 1.165) is 18.9 Å². The molecule has 0 heterocycles. The van der Waals surface area contributed by atoms with E-state index in [0.29, 0.717) is 6.04 Å². The largest absolute Gasteiger partial charge is 0.299 e. The minimum absolute atomic E-state index is 0.683. The van der Waals surface area contributed by atoms with Crippen LogP contribution in [-0.2, 0) is 4.84 Å². The van der Waals surface area contributed by atoms with Gasteiger partial charge in [0.2, 0.25) is 0 Å². The summed E-state index contributed by atoms with van der Waals surface area (Å²) >= 11 is 0. The Morgan fingerprint density at radius 1 is 1.20 bits per heavy atom. The molecule has 0 aliphatic heterocycles. The fraction of sp³-hybridized carbons (Fsp3) is 1.00. The lowest BCUT2D eigenvalue weighted by molar-refractivity contribution is -0.175. The number of hydrogen-bond donors (Lipinski definition) is 0. The summed E-state index contributed by atoms with van der Waals surface area (Å²) in [6.45, 7) is 5.31. The maximum atomic E-state index is 5.72. The standard InChI is InChI=1S/C13H27NO/c1-4-6-8-12-9-7-10-13(12)14(3)15-11-5-2/h12-13H,4-11H2,1-3H3. The molecule has 2 nitrogen and oxygen atoms in total. The van der Waals surface area contributed by atoms with Crippen LogP contribution in [0.5, 0.6) is 0 Å². The Hall–Kier alpha value is -0.0800. The van der Waals surface area contributed by atoms with Crippen LogP contribution < -0.4 is 0 Å². The first-order chi connectivity index (χ1) is 7.29. The third-order valence-corrected chi connectivity index (χ3v) is 3.51. The van der Waals surface area contributed by atoms with E-state index in [1.165, 1.54) is 38.5 Å². The van der Waals surface area contributed by atoms with E-state index in [1.54, 1.807) is 0 Å². The summed E-state index contributed by atoms with van der Waals surface area (Å²) in [6, 6.07) is 0.683. The molecule has 0 N–H and O–H groups in total. The maximum Gasteiger partial charge on any atom is 0.0682 e. The van der Waals surface area contributed by atoms with Crippen molar-refractivity contribution in [3.63, 3.8) is 0 Å². The lowest BCUT2D eigenvalue weighted by atomic mass is 9.97. The first-order valence-corrected chi connectivity index (χ1v) is 6.65. The van der Waals surface area contributed by atoms with Gasteiger partial charge in [-0.1, -0.05) is 33.1 Å². The minimum atomic E-state index is 0.683. The third kappa shape index (κ3) is 4.12. The normalized spacial score (nSPS) is 26.4. The highest BCUT2D eigenvalue weighted by Gasteiger charge is 2.30. The second-order valence-corrected chi connectivity index (χ2v) is 4.78. The number of hydrogen-bond acceptors (Lipinski definition) is 2. The summed E-state index contributed by atoms with van der Waals surface area (Å²) in [5.41, 5.74) is 0. The van der Waals surface area contributed by atoms with Gasteiger partial charge in [0.15, 0.2) is 0 Å². The monoisotopic (exact) mass is 213 g/mol. The van der Waals surface area contributed by atoms with E-state index in [4.69, 9.17) is 4.84 Å². The van der Waals surface area contributed by atoms with Crippen molar-refractivity contribution in [1.29, 1.82) is 0 Å². The number of hydroxylamine groups is 2. The Morgan fingerprint density at radius 3 is 2.67 bits per heavy atom. The lowest BCUT2D eigenvalue weighted by Gasteiger charge is -2.28. The summed E-state index contributed by atoms with van der Waals surface area (Å²) in [5.74, 6) is 0.881. The molecule has 0 spiro atoms. The molecule has 0 amide bonds. The maximum absolute atomic E-state index is 5.72. The van der Waals surface area contributed by atoms with E-state index < -0.39 is 0 Å². The molecule has 1 saturated carbocycles. The Kier molecular flexibility index (Phi) is 6.26. The van der Waals surface area contributed by atoms with E-state index in [2.05, 4.69) is 26.0 Å². The van der Waals surface area contributed by atoms with Crippen LogP contribution >= 0.6 is 0 Å². The van der Waals surface area contributed by atoms with Crippen molar-refractivity contribution >= 4 is 0 Å². The Labute approximate surface area is 94.9 Å². The van der Waals surface area contributed by atoms with Gasteiger partial charge in [0.1, 0.15) is 0 Å². The van der Waals surface area contributed by atoms with Crippen LogP contribution in [-0.4, -0.2) is 24.8 Å². The van der Waals surface area contributed by atoms with Crippen molar-refractivity contribution in [2.45, 2.75) is 64.8 Å². The molecule has 0 radical (unpaired) electrons. The van der Waals surface area contributed by atoms with Gasteiger partial charge < -0.3 is 0 Å². The molecule has 0 bridgehead atoms. The summed E-state index contributed by atoms with van der Waals surface area (Å²) < 4.78 is 0. The van der Waals surface area contributed by atoms with Gasteiger partial charge in [0.25, 0.3) is 0 Å². The predicted octanol–water partition coefficient (Wildman–Crippen LogP) is 3.62. The van der Waals surface area contributed by atoms with Crippen LogP contribution in [0.2, 0.25) is 0 Å². The number of nitrogens with zero attached hydrogens (tertiary/aromatic N) is 1. The second kappa shape index (κ2) is 7.24. The van der Waals surface area contributed by atoms with Gasteiger partial charge in [-0.05, 0) is 31.6 Å². The van der Waals surface area contributed by atoms with Crippen molar-refractivity contribution in [2.24, 2.45) is 5.92 Å². The molecule has 2 atom stereocenters. The van der Waals surface area contributed by atoms with Gasteiger partial charge in [0.05, 0.1) is 6.61 Å². The molecule has 2 unspecified atom stereocenters. The Morgan fingerprint density at radius 2 is 2.00 bits per heavy atom. The summed E-state index contributed by atoms with van der Waals surface area (Å²) in [5, 5.41) is 2.14. The molecule has 1 rings (SSSR count). The molecular weight excluding hydrogens is 186 g/mol. The van der Waals surface area contributed by atoms with E-state index in [1.807, 2.05) is 0 Å². The Balaban J connectivity index is 2.30. The SMILES string of the molecule is CCCCC1CCCC1N(C)OCCC. The zero-order valence-electron chi connectivity index (χ0n) is 10.7. The minimum Gasteiger partial charge on any atom is -0.299 e. The summed E-state index contributed by atoms with van der Waals surface area (Å²) in [6.07, 6.45) is 9.32. The van der Waals surface area contributed by atoms with Gasteiger partial charge >= 0.3 is 0 Å². The Bertz CT molecular complexity index is 161. The van der Waals surface area contributed by atoms with Gasteiger partial charge in [-0.25, -0.2) is 0 Å². The van der Waals surface area contributed by atoms with Crippen molar-refractivity contribution in [3.8, 4) is 0 Å². The quantitative estimate of drug-likeness (QED) is 0.599.